The number of hydrogen-bond donors (Lipinski definition) is 1. The largest absolute Gasteiger partial charge is 0.423 e. The molecule has 1 aromatic carbocycles. The van der Waals surface area contributed by atoms with Gasteiger partial charge < -0.3 is 19.5 Å². The number of anilines is 1. The third kappa shape index (κ3) is 3.64. The van der Waals surface area contributed by atoms with Crippen LogP contribution < -0.4 is 10.2 Å². The molecule has 0 saturated carbocycles. The zero-order valence-electron chi connectivity index (χ0n) is 13.8. The first-order chi connectivity index (χ1) is 11.2. The van der Waals surface area contributed by atoms with E-state index in [1.807, 2.05) is 37.1 Å². The van der Waals surface area contributed by atoms with Gasteiger partial charge in [0.05, 0.1) is 0 Å². The summed E-state index contributed by atoms with van der Waals surface area (Å²) >= 11 is 0. The standard InChI is InChI=1S/C17H24N4O2/c1-13-5-6-15-14(12-13)19-17(23-15)21-10-8-20(9-11-21)16(22)4-3-7-18-2/h5-6,12,18H,3-4,7-11H2,1-2H3. The Labute approximate surface area is 136 Å². The molecule has 1 fully saturated rings. The molecule has 6 nitrogen and oxygen atoms in total. The quantitative estimate of drug-likeness (QED) is 0.852. The number of aryl methyl sites for hydroxylation is 1. The Morgan fingerprint density at radius 1 is 1.30 bits per heavy atom. The molecule has 0 unspecified atom stereocenters. The van der Waals surface area contributed by atoms with Crippen LogP contribution in [-0.2, 0) is 4.79 Å². The maximum atomic E-state index is 12.1. The minimum absolute atomic E-state index is 0.244. The summed E-state index contributed by atoms with van der Waals surface area (Å²) in [6.07, 6.45) is 1.50. The van der Waals surface area contributed by atoms with Crippen molar-refractivity contribution in [3.63, 3.8) is 0 Å². The fourth-order valence-electron chi connectivity index (χ4n) is 2.88. The molecule has 2 aromatic rings. The number of nitrogens with one attached hydrogen (secondary N) is 1. The lowest BCUT2D eigenvalue weighted by Gasteiger charge is -2.33. The molecule has 0 spiro atoms. The summed E-state index contributed by atoms with van der Waals surface area (Å²) in [4.78, 5) is 20.8. The Morgan fingerprint density at radius 2 is 2.09 bits per heavy atom. The van der Waals surface area contributed by atoms with Crippen LogP contribution >= 0.6 is 0 Å². The van der Waals surface area contributed by atoms with Crippen LogP contribution in [0.1, 0.15) is 18.4 Å². The molecule has 3 rings (SSSR count). The Morgan fingerprint density at radius 3 is 2.83 bits per heavy atom. The maximum absolute atomic E-state index is 12.1. The van der Waals surface area contributed by atoms with Gasteiger partial charge in [-0.15, -0.1) is 0 Å². The summed E-state index contributed by atoms with van der Waals surface area (Å²) in [5.74, 6) is 0.244. The monoisotopic (exact) mass is 316 g/mol. The van der Waals surface area contributed by atoms with Gasteiger partial charge >= 0.3 is 0 Å². The zero-order chi connectivity index (χ0) is 16.2. The van der Waals surface area contributed by atoms with Crippen molar-refractivity contribution in [3.8, 4) is 0 Å². The van der Waals surface area contributed by atoms with Crippen molar-refractivity contribution < 1.29 is 9.21 Å². The molecule has 0 aliphatic carbocycles. The van der Waals surface area contributed by atoms with Gasteiger partial charge in [-0.05, 0) is 44.6 Å². The summed E-state index contributed by atoms with van der Waals surface area (Å²) in [5, 5.41) is 3.07. The number of benzene rings is 1. The van der Waals surface area contributed by atoms with Crippen LogP contribution in [-0.4, -0.2) is 55.6 Å². The minimum atomic E-state index is 0.244. The van der Waals surface area contributed by atoms with E-state index in [1.165, 1.54) is 5.56 Å². The van der Waals surface area contributed by atoms with E-state index in [2.05, 4.69) is 15.2 Å². The SMILES string of the molecule is CNCCCC(=O)N1CCN(c2nc3cc(C)ccc3o2)CC1. The lowest BCUT2D eigenvalue weighted by molar-refractivity contribution is -0.131. The number of amides is 1. The van der Waals surface area contributed by atoms with Crippen LogP contribution in [0.15, 0.2) is 22.6 Å². The van der Waals surface area contributed by atoms with Crippen molar-refractivity contribution in [1.29, 1.82) is 0 Å². The minimum Gasteiger partial charge on any atom is -0.423 e. The number of rotatable bonds is 5. The summed E-state index contributed by atoms with van der Waals surface area (Å²) in [6.45, 7) is 5.93. The molecule has 2 heterocycles. The summed E-state index contributed by atoms with van der Waals surface area (Å²) in [5.41, 5.74) is 2.89. The molecule has 1 saturated heterocycles. The molecule has 1 aliphatic heterocycles. The lowest BCUT2D eigenvalue weighted by Crippen LogP contribution is -2.49. The highest BCUT2D eigenvalue weighted by Gasteiger charge is 2.23. The van der Waals surface area contributed by atoms with Crippen molar-refractivity contribution in [1.82, 2.24) is 15.2 Å². The first kappa shape index (κ1) is 15.8. The van der Waals surface area contributed by atoms with Crippen LogP contribution in [0.4, 0.5) is 6.01 Å². The number of hydrogen-bond acceptors (Lipinski definition) is 5. The number of carbonyl (C=O) groups excluding carboxylic acids is 1. The molecule has 1 aliphatic rings. The van der Waals surface area contributed by atoms with Gasteiger partial charge in [-0.2, -0.15) is 4.98 Å². The van der Waals surface area contributed by atoms with Crippen LogP contribution in [0.25, 0.3) is 11.1 Å². The fraction of sp³-hybridized carbons (Fsp3) is 0.529. The first-order valence-corrected chi connectivity index (χ1v) is 8.22. The molecule has 1 amide bonds. The van der Waals surface area contributed by atoms with E-state index >= 15 is 0 Å². The van der Waals surface area contributed by atoms with Crippen molar-refractivity contribution >= 4 is 23.0 Å². The molecule has 1 aromatic heterocycles. The highest BCUT2D eigenvalue weighted by Crippen LogP contribution is 2.23. The van der Waals surface area contributed by atoms with Crippen LogP contribution in [0, 0.1) is 6.92 Å². The molecule has 23 heavy (non-hydrogen) atoms. The van der Waals surface area contributed by atoms with Crippen molar-refractivity contribution in [2.75, 3.05) is 44.7 Å². The zero-order valence-corrected chi connectivity index (χ0v) is 13.8. The van der Waals surface area contributed by atoms with Gasteiger partial charge in [-0.25, -0.2) is 0 Å². The smallest absolute Gasteiger partial charge is 0.298 e. The molecule has 6 heteroatoms. The highest BCUT2D eigenvalue weighted by molar-refractivity contribution is 5.77. The lowest BCUT2D eigenvalue weighted by atomic mass is 10.2. The maximum Gasteiger partial charge on any atom is 0.298 e. The second kappa shape index (κ2) is 7.00. The Kier molecular flexibility index (Phi) is 4.81. The van der Waals surface area contributed by atoms with E-state index in [4.69, 9.17) is 4.42 Å². The van der Waals surface area contributed by atoms with Crippen molar-refractivity contribution in [3.05, 3.63) is 23.8 Å². The van der Waals surface area contributed by atoms with Gasteiger partial charge in [0.25, 0.3) is 6.01 Å². The number of piperazine rings is 1. The molecule has 0 atom stereocenters. The van der Waals surface area contributed by atoms with E-state index in [-0.39, 0.29) is 5.91 Å². The number of fused-ring (bicyclic) bond motifs is 1. The van der Waals surface area contributed by atoms with Crippen molar-refractivity contribution in [2.24, 2.45) is 0 Å². The van der Waals surface area contributed by atoms with Crippen LogP contribution in [0.2, 0.25) is 0 Å². The predicted octanol–water partition coefficient (Wildman–Crippen LogP) is 1.78. The Balaban J connectivity index is 1.58. The molecule has 1 N–H and O–H groups in total. The number of nitrogens with zero attached hydrogens (tertiary/aromatic N) is 3. The summed E-state index contributed by atoms with van der Waals surface area (Å²) in [6, 6.07) is 6.68. The van der Waals surface area contributed by atoms with E-state index < -0.39 is 0 Å². The normalized spacial score (nSPS) is 15.4. The predicted molar refractivity (Wildman–Crippen MR) is 90.7 cm³/mol. The third-order valence-corrected chi connectivity index (χ3v) is 4.25. The molecule has 124 valence electrons. The Hall–Kier alpha value is -2.08. The number of carbonyl (C=O) groups is 1. The second-order valence-electron chi connectivity index (χ2n) is 6.04. The van der Waals surface area contributed by atoms with Gasteiger partial charge in [0.2, 0.25) is 5.91 Å². The average molecular weight is 316 g/mol. The molecule has 0 bridgehead atoms. The van der Waals surface area contributed by atoms with E-state index in [0.717, 1.165) is 50.2 Å². The second-order valence-corrected chi connectivity index (χ2v) is 6.04. The molecular formula is C17H24N4O2. The van der Waals surface area contributed by atoms with Crippen molar-refractivity contribution in [2.45, 2.75) is 19.8 Å². The summed E-state index contributed by atoms with van der Waals surface area (Å²) < 4.78 is 5.84. The number of aromatic nitrogens is 1. The fourth-order valence-corrected chi connectivity index (χ4v) is 2.88. The summed E-state index contributed by atoms with van der Waals surface area (Å²) in [7, 11) is 1.91. The van der Waals surface area contributed by atoms with E-state index in [0.29, 0.717) is 12.4 Å². The van der Waals surface area contributed by atoms with Gasteiger partial charge in [0, 0.05) is 32.6 Å². The average Bonchev–Trinajstić information content (AvgIpc) is 2.98. The number of oxazole rings is 1. The highest BCUT2D eigenvalue weighted by atomic mass is 16.4. The molecule has 0 radical (unpaired) electrons. The van der Waals surface area contributed by atoms with Gasteiger partial charge in [-0.3, -0.25) is 4.79 Å². The van der Waals surface area contributed by atoms with Crippen LogP contribution in [0.3, 0.4) is 0 Å². The third-order valence-electron chi connectivity index (χ3n) is 4.25. The first-order valence-electron chi connectivity index (χ1n) is 8.22. The van der Waals surface area contributed by atoms with Crippen LogP contribution in [0.5, 0.6) is 0 Å². The molecular weight excluding hydrogens is 292 g/mol. The van der Waals surface area contributed by atoms with E-state index in [1.54, 1.807) is 0 Å². The van der Waals surface area contributed by atoms with Gasteiger partial charge in [0.15, 0.2) is 5.58 Å². The topological polar surface area (TPSA) is 61.6 Å². The van der Waals surface area contributed by atoms with Gasteiger partial charge in [0.1, 0.15) is 5.52 Å². The van der Waals surface area contributed by atoms with E-state index in [9.17, 15) is 4.79 Å². The van der Waals surface area contributed by atoms with Gasteiger partial charge in [-0.1, -0.05) is 6.07 Å². The Bertz CT molecular complexity index is 674.